The van der Waals surface area contributed by atoms with E-state index in [1.807, 2.05) is 46.8 Å². The van der Waals surface area contributed by atoms with Gasteiger partial charge in [-0.3, -0.25) is 13.9 Å². The quantitative estimate of drug-likeness (QED) is 0.554. The molecule has 5 rings (SSSR count). The van der Waals surface area contributed by atoms with Gasteiger partial charge in [-0.2, -0.15) is 5.10 Å². The number of anilines is 2. The van der Waals surface area contributed by atoms with Crippen LogP contribution < -0.4 is 5.32 Å². The van der Waals surface area contributed by atoms with E-state index in [9.17, 15) is 4.79 Å². The number of fused-ring (bicyclic) bond motifs is 1. The summed E-state index contributed by atoms with van der Waals surface area (Å²) in [6, 6.07) is 7.59. The van der Waals surface area contributed by atoms with Gasteiger partial charge in [-0.15, -0.1) is 10.2 Å². The molecule has 0 radical (unpaired) electrons. The van der Waals surface area contributed by atoms with Crippen LogP contribution in [0.3, 0.4) is 0 Å². The van der Waals surface area contributed by atoms with Crippen molar-refractivity contribution in [2.24, 2.45) is 7.05 Å². The zero-order chi connectivity index (χ0) is 19.8. The predicted molar refractivity (Wildman–Crippen MR) is 105 cm³/mol. The highest BCUT2D eigenvalue weighted by Crippen LogP contribution is 2.21. The number of hydrogen-bond donors (Lipinski definition) is 1. The van der Waals surface area contributed by atoms with Gasteiger partial charge >= 0.3 is 0 Å². The summed E-state index contributed by atoms with van der Waals surface area (Å²) < 4.78 is 3.62. The van der Waals surface area contributed by atoms with Crippen molar-refractivity contribution in [2.45, 2.75) is 19.4 Å². The van der Waals surface area contributed by atoms with Crippen molar-refractivity contribution < 1.29 is 4.79 Å². The minimum absolute atomic E-state index is 0.174. The van der Waals surface area contributed by atoms with E-state index in [0.717, 1.165) is 35.9 Å². The van der Waals surface area contributed by atoms with Crippen molar-refractivity contribution in [2.75, 3.05) is 11.9 Å². The number of likely N-dealkylation sites (tertiary alicyclic amines) is 1. The maximum absolute atomic E-state index is 11.9. The minimum Gasteiger partial charge on any atom is -0.335 e. The second kappa shape index (κ2) is 6.97. The van der Waals surface area contributed by atoms with Gasteiger partial charge in [0.25, 0.3) is 0 Å². The number of aryl methyl sites for hydroxylation is 1. The van der Waals surface area contributed by atoms with Gasteiger partial charge < -0.3 is 10.2 Å². The predicted octanol–water partition coefficient (Wildman–Crippen LogP) is 1.79. The number of rotatable bonds is 5. The number of amides is 1. The fourth-order valence-corrected chi connectivity index (χ4v) is 3.44. The van der Waals surface area contributed by atoms with Crippen molar-refractivity contribution in [3.8, 4) is 11.3 Å². The van der Waals surface area contributed by atoms with Crippen molar-refractivity contribution in [3.05, 3.63) is 48.7 Å². The van der Waals surface area contributed by atoms with E-state index < -0.39 is 0 Å². The topological polar surface area (TPSA) is 106 Å². The highest BCUT2D eigenvalue weighted by Gasteiger charge is 2.22. The monoisotopic (exact) mass is 389 g/mol. The molecule has 0 atom stereocenters. The molecule has 0 aliphatic carbocycles. The molecule has 1 aliphatic rings. The van der Waals surface area contributed by atoms with E-state index >= 15 is 0 Å². The molecule has 0 saturated carbocycles. The van der Waals surface area contributed by atoms with Crippen LogP contribution in [0.2, 0.25) is 0 Å². The van der Waals surface area contributed by atoms with Crippen LogP contribution in [0.5, 0.6) is 0 Å². The Balaban J connectivity index is 1.41. The third-order valence-electron chi connectivity index (χ3n) is 5.00. The zero-order valence-corrected chi connectivity index (χ0v) is 15.9. The number of carbonyl (C=O) groups is 1. The molecule has 4 aromatic heterocycles. The molecule has 1 N–H and O–H groups in total. The van der Waals surface area contributed by atoms with Gasteiger partial charge in [0.15, 0.2) is 11.5 Å². The van der Waals surface area contributed by atoms with Crippen LogP contribution in [0.4, 0.5) is 11.8 Å². The van der Waals surface area contributed by atoms with Gasteiger partial charge in [-0.25, -0.2) is 9.97 Å². The number of aromatic nitrogens is 7. The molecular formula is C19H19N9O. The first-order valence-corrected chi connectivity index (χ1v) is 9.37. The molecule has 0 bridgehead atoms. The molecule has 4 aromatic rings. The number of carbonyl (C=O) groups excluding carboxylic acids is 1. The second-order valence-corrected chi connectivity index (χ2v) is 6.91. The van der Waals surface area contributed by atoms with Crippen LogP contribution in [0, 0.1) is 0 Å². The lowest BCUT2D eigenvalue weighted by Crippen LogP contribution is -2.25. The fraction of sp³-hybridized carbons (Fsp3) is 0.263. The lowest BCUT2D eigenvalue weighted by atomic mass is 10.2. The Morgan fingerprint density at radius 3 is 2.90 bits per heavy atom. The lowest BCUT2D eigenvalue weighted by molar-refractivity contribution is -0.128. The molecule has 0 spiro atoms. The molecule has 0 unspecified atom stereocenters. The summed E-state index contributed by atoms with van der Waals surface area (Å²) in [6.45, 7) is 1.25. The summed E-state index contributed by atoms with van der Waals surface area (Å²) in [5.74, 6) is 2.22. The van der Waals surface area contributed by atoms with E-state index in [1.165, 1.54) is 0 Å². The highest BCUT2D eigenvalue weighted by molar-refractivity contribution is 5.78. The van der Waals surface area contributed by atoms with E-state index in [4.69, 9.17) is 0 Å². The van der Waals surface area contributed by atoms with Crippen molar-refractivity contribution in [3.63, 3.8) is 0 Å². The maximum Gasteiger partial charge on any atom is 0.228 e. The second-order valence-electron chi connectivity index (χ2n) is 6.91. The number of pyridine rings is 1. The Labute approximate surface area is 166 Å². The third kappa shape index (κ3) is 3.28. The summed E-state index contributed by atoms with van der Waals surface area (Å²) in [5, 5.41) is 15.8. The molecule has 1 amide bonds. The van der Waals surface area contributed by atoms with Gasteiger partial charge in [-0.05, 0) is 24.6 Å². The highest BCUT2D eigenvalue weighted by atomic mass is 16.2. The summed E-state index contributed by atoms with van der Waals surface area (Å²) in [6.07, 6.45) is 6.85. The molecular weight excluding hydrogens is 370 g/mol. The first-order chi connectivity index (χ1) is 14.2. The average molecular weight is 389 g/mol. The molecule has 1 saturated heterocycles. The van der Waals surface area contributed by atoms with Gasteiger partial charge in [0.2, 0.25) is 11.9 Å². The molecule has 146 valence electrons. The zero-order valence-electron chi connectivity index (χ0n) is 15.9. The minimum atomic E-state index is 0.174. The van der Waals surface area contributed by atoms with Gasteiger partial charge in [0.05, 0.1) is 18.4 Å². The molecule has 10 nitrogen and oxygen atoms in total. The SMILES string of the molecule is Cn1nccc1Nc1nccc(-c2ccn3c(CN4CCCC4=O)nnc3c2)n1. The van der Waals surface area contributed by atoms with Gasteiger partial charge in [0.1, 0.15) is 5.82 Å². The van der Waals surface area contributed by atoms with Crippen molar-refractivity contribution >= 4 is 23.3 Å². The van der Waals surface area contributed by atoms with Gasteiger partial charge in [0, 0.05) is 44.0 Å². The van der Waals surface area contributed by atoms with E-state index in [2.05, 4.69) is 30.6 Å². The van der Waals surface area contributed by atoms with Crippen LogP contribution in [0.25, 0.3) is 16.9 Å². The molecule has 1 fully saturated rings. The Bertz CT molecular complexity index is 1200. The standard InChI is InChI=1S/C19H19N9O/c1-26-15(5-8-21-26)23-19-20-7-4-14(22-19)13-6-10-28-16(11-13)24-25-17(28)12-27-9-2-3-18(27)29/h4-8,10-11H,2-3,9,12H2,1H3,(H,20,22,23). The molecule has 1 aliphatic heterocycles. The molecule has 5 heterocycles. The lowest BCUT2D eigenvalue weighted by Gasteiger charge is -2.13. The van der Waals surface area contributed by atoms with Crippen LogP contribution in [-0.2, 0) is 18.4 Å². The van der Waals surface area contributed by atoms with Crippen molar-refractivity contribution in [1.29, 1.82) is 0 Å². The average Bonchev–Trinajstić information content (AvgIpc) is 3.44. The largest absolute Gasteiger partial charge is 0.335 e. The Kier molecular flexibility index (Phi) is 4.15. The summed E-state index contributed by atoms with van der Waals surface area (Å²) in [4.78, 5) is 22.6. The summed E-state index contributed by atoms with van der Waals surface area (Å²) in [7, 11) is 1.85. The number of nitrogens with one attached hydrogen (secondary N) is 1. The van der Waals surface area contributed by atoms with Gasteiger partial charge in [-0.1, -0.05) is 0 Å². The first-order valence-electron chi connectivity index (χ1n) is 9.37. The molecule has 29 heavy (non-hydrogen) atoms. The molecule has 0 aromatic carbocycles. The Morgan fingerprint density at radius 2 is 2.10 bits per heavy atom. The fourth-order valence-electron chi connectivity index (χ4n) is 3.44. The number of hydrogen-bond acceptors (Lipinski definition) is 7. The third-order valence-corrected chi connectivity index (χ3v) is 5.00. The summed E-state index contributed by atoms with van der Waals surface area (Å²) >= 11 is 0. The van der Waals surface area contributed by atoms with Crippen LogP contribution in [-0.4, -0.2) is 51.7 Å². The Hall–Kier alpha value is -3.82. The van der Waals surface area contributed by atoms with Crippen LogP contribution in [0.1, 0.15) is 18.7 Å². The van der Waals surface area contributed by atoms with Crippen molar-refractivity contribution in [1.82, 2.24) is 39.2 Å². The van der Waals surface area contributed by atoms with E-state index in [1.54, 1.807) is 17.1 Å². The van der Waals surface area contributed by atoms with Crippen LogP contribution in [0.15, 0.2) is 42.9 Å². The molecule has 10 heteroatoms. The van der Waals surface area contributed by atoms with Crippen LogP contribution >= 0.6 is 0 Å². The smallest absolute Gasteiger partial charge is 0.228 e. The maximum atomic E-state index is 11.9. The first kappa shape index (κ1) is 17.3. The normalized spacial score (nSPS) is 14.1. The van der Waals surface area contributed by atoms with E-state index in [0.29, 0.717) is 24.6 Å². The van der Waals surface area contributed by atoms with E-state index in [-0.39, 0.29) is 5.91 Å². The Morgan fingerprint density at radius 1 is 1.17 bits per heavy atom. The summed E-state index contributed by atoms with van der Waals surface area (Å²) in [5.41, 5.74) is 2.39. The number of nitrogens with zero attached hydrogens (tertiary/aromatic N) is 8.